The number of rotatable bonds is 46. The fourth-order valence-electron chi connectivity index (χ4n) is 7.60. The molecule has 0 saturated carbocycles. The highest BCUT2D eigenvalue weighted by atomic mass is 16.5. The number of ether oxygens (including phenoxy) is 1. The Morgan fingerprint density at radius 3 is 1.38 bits per heavy atom. The van der Waals surface area contributed by atoms with E-state index in [1.165, 1.54) is 116 Å². The Kier molecular flexibility index (Phi) is 46.6. The first-order chi connectivity index (χ1) is 30.0. The molecular formula is C55H99NO5. The minimum Gasteiger partial charge on any atom is -0.462 e. The molecular weight excluding hydrogens is 755 g/mol. The standard InChI is InChI=1S/C55H99NO5/c1-4-7-10-13-16-19-21-23-25-27-29-31-33-35-38-41-44-47-53(58)52(50-57)56-54(59)49-51(46-43-40-37-18-15-12-9-6-3)61-55(60)48-45-42-39-36-34-32-30-28-26-24-22-20-17-14-11-8-5-2/h12,15,17,20,24,26,30,32,36,39,51-53,57-58H,4-11,13-14,16,18-19,21-23,25,27-29,31,33-35,37-38,40-50H2,1-3H3,(H,56,59)/b15-12-,20-17-,26-24-,32-30-,39-36-. The topological polar surface area (TPSA) is 95.9 Å². The summed E-state index contributed by atoms with van der Waals surface area (Å²) in [6.45, 7) is 6.37. The monoisotopic (exact) mass is 854 g/mol. The Morgan fingerprint density at radius 1 is 0.475 bits per heavy atom. The number of allylic oxidation sites excluding steroid dienone is 10. The molecule has 61 heavy (non-hydrogen) atoms. The number of carbonyl (C=O) groups excluding carboxylic acids is 2. The van der Waals surface area contributed by atoms with Gasteiger partial charge in [-0.25, -0.2) is 0 Å². The fourth-order valence-corrected chi connectivity index (χ4v) is 7.60. The second kappa shape index (κ2) is 48.6. The van der Waals surface area contributed by atoms with Crippen molar-refractivity contribution >= 4 is 11.9 Å². The van der Waals surface area contributed by atoms with Crippen LogP contribution in [0.2, 0.25) is 0 Å². The molecule has 0 aliphatic carbocycles. The average molecular weight is 854 g/mol. The summed E-state index contributed by atoms with van der Waals surface area (Å²) in [7, 11) is 0. The Hall–Kier alpha value is -2.44. The molecule has 0 radical (unpaired) electrons. The number of esters is 1. The number of nitrogens with one attached hydrogen (secondary N) is 1. The predicted octanol–water partition coefficient (Wildman–Crippen LogP) is 15.6. The first-order valence-corrected chi connectivity index (χ1v) is 26.0. The summed E-state index contributed by atoms with van der Waals surface area (Å²) in [6.07, 6.45) is 60.1. The van der Waals surface area contributed by atoms with E-state index in [9.17, 15) is 19.8 Å². The van der Waals surface area contributed by atoms with Crippen molar-refractivity contribution in [2.75, 3.05) is 6.61 Å². The van der Waals surface area contributed by atoms with Crippen molar-refractivity contribution in [3.05, 3.63) is 60.8 Å². The van der Waals surface area contributed by atoms with Gasteiger partial charge in [0.25, 0.3) is 0 Å². The molecule has 354 valence electrons. The Bertz CT molecular complexity index is 1090. The first kappa shape index (κ1) is 58.6. The molecule has 6 nitrogen and oxygen atoms in total. The lowest BCUT2D eigenvalue weighted by Crippen LogP contribution is -2.46. The van der Waals surface area contributed by atoms with Gasteiger partial charge < -0.3 is 20.3 Å². The highest BCUT2D eigenvalue weighted by Crippen LogP contribution is 2.17. The van der Waals surface area contributed by atoms with Crippen LogP contribution >= 0.6 is 0 Å². The van der Waals surface area contributed by atoms with Gasteiger partial charge in [0.2, 0.25) is 5.91 Å². The van der Waals surface area contributed by atoms with Crippen LogP contribution in [0.3, 0.4) is 0 Å². The minimum absolute atomic E-state index is 0.0433. The van der Waals surface area contributed by atoms with Crippen molar-refractivity contribution in [2.24, 2.45) is 0 Å². The molecule has 0 rings (SSSR count). The molecule has 0 aromatic carbocycles. The lowest BCUT2D eigenvalue weighted by atomic mass is 10.0. The van der Waals surface area contributed by atoms with Crippen LogP contribution in [0.4, 0.5) is 0 Å². The second-order valence-electron chi connectivity index (χ2n) is 17.6. The molecule has 0 aromatic rings. The summed E-state index contributed by atoms with van der Waals surface area (Å²) in [5, 5.41) is 23.7. The third-order valence-corrected chi connectivity index (χ3v) is 11.6. The fraction of sp³-hybridized carbons (Fsp3) is 0.782. The van der Waals surface area contributed by atoms with Crippen LogP contribution in [0, 0.1) is 0 Å². The molecule has 0 heterocycles. The van der Waals surface area contributed by atoms with Gasteiger partial charge in [0.1, 0.15) is 6.10 Å². The van der Waals surface area contributed by atoms with Crippen molar-refractivity contribution in [1.82, 2.24) is 5.32 Å². The van der Waals surface area contributed by atoms with Crippen molar-refractivity contribution in [3.8, 4) is 0 Å². The van der Waals surface area contributed by atoms with E-state index in [4.69, 9.17) is 4.74 Å². The van der Waals surface area contributed by atoms with Crippen LogP contribution in [-0.4, -0.2) is 46.9 Å². The van der Waals surface area contributed by atoms with Crippen molar-refractivity contribution in [3.63, 3.8) is 0 Å². The van der Waals surface area contributed by atoms with Gasteiger partial charge in [0, 0.05) is 6.42 Å². The van der Waals surface area contributed by atoms with Crippen LogP contribution in [-0.2, 0) is 14.3 Å². The number of carbonyl (C=O) groups is 2. The summed E-state index contributed by atoms with van der Waals surface area (Å²) in [6, 6.07) is -0.717. The molecule has 3 atom stereocenters. The predicted molar refractivity (Wildman–Crippen MR) is 264 cm³/mol. The van der Waals surface area contributed by atoms with E-state index in [1.807, 2.05) is 0 Å². The normalized spacial score (nSPS) is 13.7. The molecule has 3 unspecified atom stereocenters. The Balaban J connectivity index is 4.47. The van der Waals surface area contributed by atoms with Gasteiger partial charge in [-0.15, -0.1) is 0 Å². The number of amides is 1. The van der Waals surface area contributed by atoms with Crippen LogP contribution in [0.1, 0.15) is 252 Å². The molecule has 0 fully saturated rings. The molecule has 0 saturated heterocycles. The zero-order chi connectivity index (χ0) is 44.5. The molecule has 6 heteroatoms. The van der Waals surface area contributed by atoms with E-state index >= 15 is 0 Å². The zero-order valence-electron chi connectivity index (χ0n) is 40.3. The molecule has 0 bridgehead atoms. The summed E-state index contributed by atoms with van der Waals surface area (Å²) < 4.78 is 5.87. The van der Waals surface area contributed by atoms with Gasteiger partial charge in [-0.05, 0) is 83.5 Å². The van der Waals surface area contributed by atoms with Gasteiger partial charge in [-0.3, -0.25) is 9.59 Å². The summed E-state index contributed by atoms with van der Waals surface area (Å²) in [5.41, 5.74) is 0. The Labute approximate surface area is 378 Å². The summed E-state index contributed by atoms with van der Waals surface area (Å²) in [4.78, 5) is 26.0. The lowest BCUT2D eigenvalue weighted by molar-refractivity contribution is -0.151. The largest absolute Gasteiger partial charge is 0.462 e. The molecule has 0 aliphatic rings. The van der Waals surface area contributed by atoms with E-state index in [-0.39, 0.29) is 24.9 Å². The molecule has 3 N–H and O–H groups in total. The molecule has 0 aromatic heterocycles. The Morgan fingerprint density at radius 2 is 0.869 bits per heavy atom. The van der Waals surface area contributed by atoms with E-state index in [0.29, 0.717) is 25.7 Å². The van der Waals surface area contributed by atoms with E-state index < -0.39 is 18.2 Å². The maximum absolute atomic E-state index is 13.1. The number of hydrogen-bond acceptors (Lipinski definition) is 5. The number of aliphatic hydroxyl groups is 2. The molecule has 0 aliphatic heterocycles. The smallest absolute Gasteiger partial charge is 0.306 e. The third kappa shape index (κ3) is 44.0. The van der Waals surface area contributed by atoms with Gasteiger partial charge in [-0.2, -0.15) is 0 Å². The van der Waals surface area contributed by atoms with E-state index in [0.717, 1.165) is 83.5 Å². The highest BCUT2D eigenvalue weighted by molar-refractivity contribution is 5.77. The van der Waals surface area contributed by atoms with Crippen LogP contribution < -0.4 is 5.32 Å². The third-order valence-electron chi connectivity index (χ3n) is 11.6. The average Bonchev–Trinajstić information content (AvgIpc) is 3.25. The minimum atomic E-state index is -0.801. The van der Waals surface area contributed by atoms with Crippen LogP contribution in [0.25, 0.3) is 0 Å². The number of hydrogen-bond donors (Lipinski definition) is 3. The second-order valence-corrected chi connectivity index (χ2v) is 17.6. The van der Waals surface area contributed by atoms with Crippen LogP contribution in [0.5, 0.6) is 0 Å². The van der Waals surface area contributed by atoms with Crippen molar-refractivity contribution in [1.29, 1.82) is 0 Å². The van der Waals surface area contributed by atoms with Gasteiger partial charge in [-0.1, -0.05) is 216 Å². The van der Waals surface area contributed by atoms with E-state index in [1.54, 1.807) is 0 Å². The van der Waals surface area contributed by atoms with Gasteiger partial charge in [0.15, 0.2) is 0 Å². The maximum atomic E-state index is 13.1. The molecule has 0 spiro atoms. The van der Waals surface area contributed by atoms with Crippen LogP contribution in [0.15, 0.2) is 60.8 Å². The summed E-state index contributed by atoms with van der Waals surface area (Å²) >= 11 is 0. The number of unbranched alkanes of at least 4 members (excludes halogenated alkanes) is 24. The molecule has 1 amide bonds. The first-order valence-electron chi connectivity index (χ1n) is 26.0. The highest BCUT2D eigenvalue weighted by Gasteiger charge is 2.24. The quantitative estimate of drug-likeness (QED) is 0.0322. The number of aliphatic hydroxyl groups excluding tert-OH is 2. The summed E-state index contributed by atoms with van der Waals surface area (Å²) in [5.74, 6) is -0.560. The maximum Gasteiger partial charge on any atom is 0.306 e. The van der Waals surface area contributed by atoms with Gasteiger partial charge >= 0.3 is 5.97 Å². The van der Waals surface area contributed by atoms with Crippen molar-refractivity contribution in [2.45, 2.75) is 270 Å². The lowest BCUT2D eigenvalue weighted by Gasteiger charge is -2.24. The zero-order valence-corrected chi connectivity index (χ0v) is 40.3. The SMILES string of the molecule is CCC/C=C\CCCCCC(CC(=O)NC(CO)C(O)CCCCCCCCCCCCCCCCCCC)OC(=O)CCC/C=C\C/C=C\C/C=C\C/C=C\CCCCC. The van der Waals surface area contributed by atoms with Gasteiger partial charge in [0.05, 0.1) is 25.2 Å². The van der Waals surface area contributed by atoms with E-state index in [2.05, 4.69) is 86.8 Å². The van der Waals surface area contributed by atoms with Crippen molar-refractivity contribution < 1.29 is 24.5 Å².